The van der Waals surface area contributed by atoms with Crippen LogP contribution in [0.3, 0.4) is 0 Å². The van der Waals surface area contributed by atoms with E-state index in [-0.39, 0.29) is 11.8 Å². The summed E-state index contributed by atoms with van der Waals surface area (Å²) < 4.78 is 5.23. The van der Waals surface area contributed by atoms with E-state index >= 15 is 0 Å². The Hall–Kier alpha value is -2.86. The number of nitrogens with one attached hydrogen (secondary N) is 2. The van der Waals surface area contributed by atoms with Crippen LogP contribution in [-0.2, 0) is 4.79 Å². The van der Waals surface area contributed by atoms with Gasteiger partial charge in [0.2, 0.25) is 0 Å². The molecule has 0 heterocycles. The molecule has 0 saturated carbocycles. The van der Waals surface area contributed by atoms with Gasteiger partial charge in [0.05, 0.1) is 19.3 Å². The van der Waals surface area contributed by atoms with Gasteiger partial charge in [0.1, 0.15) is 5.75 Å². The average Bonchev–Trinajstić information content (AvgIpc) is 2.68. The lowest BCUT2D eigenvalue weighted by Gasteiger charge is -2.10. The van der Waals surface area contributed by atoms with Crippen LogP contribution in [0.1, 0.15) is 36.5 Å². The second-order valence-electron chi connectivity index (χ2n) is 6.27. The molecule has 2 aromatic carbocycles. The molecule has 0 aliphatic carbocycles. The molecule has 0 saturated heterocycles. The van der Waals surface area contributed by atoms with Gasteiger partial charge in [0, 0.05) is 11.3 Å². The molecule has 27 heavy (non-hydrogen) atoms. The zero-order chi connectivity index (χ0) is 19.5. The summed E-state index contributed by atoms with van der Waals surface area (Å²) in [4.78, 5) is 24.3. The number of hydrogen-bond donors (Lipinski definition) is 3. The van der Waals surface area contributed by atoms with Crippen LogP contribution in [0.25, 0.3) is 0 Å². The molecule has 4 N–H and O–H groups in total. The summed E-state index contributed by atoms with van der Waals surface area (Å²) in [5.74, 6) is 0.323. The van der Waals surface area contributed by atoms with Crippen molar-refractivity contribution in [3.63, 3.8) is 0 Å². The third-order valence-electron chi connectivity index (χ3n) is 4.13. The Morgan fingerprint density at radius 3 is 2.44 bits per heavy atom. The van der Waals surface area contributed by atoms with Crippen LogP contribution in [0.5, 0.6) is 5.75 Å². The Morgan fingerprint density at radius 2 is 1.74 bits per heavy atom. The maximum absolute atomic E-state index is 12.4. The first-order valence-electron chi connectivity index (χ1n) is 9.30. The van der Waals surface area contributed by atoms with Gasteiger partial charge in [0.25, 0.3) is 11.8 Å². The number of rotatable bonds is 10. The van der Waals surface area contributed by atoms with Crippen LogP contribution in [0.15, 0.2) is 48.5 Å². The topological polar surface area (TPSA) is 84.0 Å². The number of para-hydroxylation sites is 2. The minimum Gasteiger partial charge on any atom is -0.495 e. The van der Waals surface area contributed by atoms with E-state index in [0.29, 0.717) is 29.2 Å². The van der Waals surface area contributed by atoms with Gasteiger partial charge in [0.15, 0.2) is 6.54 Å². The van der Waals surface area contributed by atoms with Crippen LogP contribution in [-0.4, -0.2) is 32.0 Å². The normalized spacial score (nSPS) is 10.3. The summed E-state index contributed by atoms with van der Waals surface area (Å²) in [7, 11) is 1.56. The number of amides is 2. The number of carbonyl (C=O) groups is 2. The van der Waals surface area contributed by atoms with Crippen LogP contribution in [0, 0.1) is 0 Å². The molecule has 6 heteroatoms. The van der Waals surface area contributed by atoms with E-state index in [1.54, 1.807) is 43.5 Å². The summed E-state index contributed by atoms with van der Waals surface area (Å²) in [5.41, 5.74) is 1.79. The van der Waals surface area contributed by atoms with E-state index in [1.807, 2.05) is 17.4 Å². The molecule has 0 atom stereocenters. The second kappa shape index (κ2) is 11.0. The summed E-state index contributed by atoms with van der Waals surface area (Å²) >= 11 is 0. The number of benzene rings is 2. The largest absolute Gasteiger partial charge is 0.495 e. The van der Waals surface area contributed by atoms with Crippen molar-refractivity contribution in [2.75, 3.05) is 30.8 Å². The summed E-state index contributed by atoms with van der Waals surface area (Å²) in [6.07, 6.45) is 3.49. The Balaban J connectivity index is 1.85. The Kier molecular flexibility index (Phi) is 8.32. The smallest absolute Gasteiger partial charge is 0.279 e. The predicted molar refractivity (Wildman–Crippen MR) is 107 cm³/mol. The molecule has 0 radical (unpaired) electrons. The van der Waals surface area contributed by atoms with Gasteiger partial charge in [-0.1, -0.05) is 25.5 Å². The molecule has 0 aliphatic rings. The Morgan fingerprint density at radius 1 is 1.00 bits per heavy atom. The minimum atomic E-state index is -0.235. The van der Waals surface area contributed by atoms with Crippen molar-refractivity contribution in [3.05, 3.63) is 54.1 Å². The lowest BCUT2D eigenvalue weighted by atomic mass is 10.2. The van der Waals surface area contributed by atoms with Gasteiger partial charge in [-0.2, -0.15) is 0 Å². The van der Waals surface area contributed by atoms with E-state index in [1.165, 1.54) is 12.8 Å². The zero-order valence-electron chi connectivity index (χ0n) is 16.0. The standard InChI is InChI=1S/C21H27N3O3/c1-3-4-7-14-22-15-20(25)23-17-12-10-16(11-13-17)21(26)24-18-8-5-6-9-19(18)27-2/h5-6,8-13,22H,3-4,7,14-15H2,1-2H3,(H,23,25)(H,24,26)/p+1. The average molecular weight is 370 g/mol. The zero-order valence-corrected chi connectivity index (χ0v) is 16.0. The van der Waals surface area contributed by atoms with E-state index < -0.39 is 0 Å². The molecule has 0 spiro atoms. The molecule has 0 unspecified atom stereocenters. The number of carbonyl (C=O) groups excluding carboxylic acids is 2. The van der Waals surface area contributed by atoms with Gasteiger partial charge >= 0.3 is 0 Å². The fourth-order valence-electron chi connectivity index (χ4n) is 2.63. The predicted octanol–water partition coefficient (Wildman–Crippen LogP) is 2.64. The number of nitrogens with two attached hydrogens (primary N) is 1. The molecule has 0 fully saturated rings. The number of ether oxygens (including phenoxy) is 1. The highest BCUT2D eigenvalue weighted by molar-refractivity contribution is 6.05. The first kappa shape index (κ1) is 20.5. The van der Waals surface area contributed by atoms with Crippen LogP contribution >= 0.6 is 0 Å². The number of anilines is 2. The SMILES string of the molecule is CCCCC[NH2+]CC(=O)Nc1ccc(C(=O)Nc2ccccc2OC)cc1. The second-order valence-corrected chi connectivity index (χ2v) is 6.27. The fourth-order valence-corrected chi connectivity index (χ4v) is 2.63. The Labute approximate surface area is 160 Å². The highest BCUT2D eigenvalue weighted by atomic mass is 16.5. The van der Waals surface area contributed by atoms with Gasteiger partial charge in [-0.25, -0.2) is 0 Å². The summed E-state index contributed by atoms with van der Waals surface area (Å²) in [6.45, 7) is 3.52. The maximum Gasteiger partial charge on any atom is 0.279 e. The molecular formula is C21H28N3O3+. The third-order valence-corrected chi connectivity index (χ3v) is 4.13. The lowest BCUT2D eigenvalue weighted by Crippen LogP contribution is -2.86. The van der Waals surface area contributed by atoms with E-state index in [9.17, 15) is 9.59 Å². The quantitative estimate of drug-likeness (QED) is 0.562. The van der Waals surface area contributed by atoms with Gasteiger partial charge in [-0.15, -0.1) is 0 Å². The summed E-state index contributed by atoms with van der Waals surface area (Å²) in [5, 5.41) is 7.69. The Bertz CT molecular complexity index is 745. The molecule has 2 amide bonds. The van der Waals surface area contributed by atoms with Crippen LogP contribution < -0.4 is 20.7 Å². The monoisotopic (exact) mass is 370 g/mol. The highest BCUT2D eigenvalue weighted by Crippen LogP contribution is 2.23. The van der Waals surface area contributed by atoms with Crippen LogP contribution in [0.4, 0.5) is 11.4 Å². The summed E-state index contributed by atoms with van der Waals surface area (Å²) in [6, 6.07) is 14.1. The van der Waals surface area contributed by atoms with E-state index in [2.05, 4.69) is 17.6 Å². The number of quaternary nitrogens is 1. The highest BCUT2D eigenvalue weighted by Gasteiger charge is 2.10. The molecule has 6 nitrogen and oxygen atoms in total. The van der Waals surface area contributed by atoms with Crippen molar-refractivity contribution in [3.8, 4) is 5.75 Å². The van der Waals surface area contributed by atoms with E-state index in [4.69, 9.17) is 4.74 Å². The van der Waals surface area contributed by atoms with Crippen molar-refractivity contribution >= 4 is 23.2 Å². The minimum absolute atomic E-state index is 0.0438. The van der Waals surface area contributed by atoms with Gasteiger partial charge in [-0.05, 0) is 49.2 Å². The third kappa shape index (κ3) is 6.75. The number of methoxy groups -OCH3 is 1. The van der Waals surface area contributed by atoms with Crippen molar-refractivity contribution < 1.29 is 19.6 Å². The fraction of sp³-hybridized carbons (Fsp3) is 0.333. The number of unbranched alkanes of at least 4 members (excludes halogenated alkanes) is 2. The molecule has 2 rings (SSSR count). The molecule has 0 bridgehead atoms. The molecule has 2 aromatic rings. The molecule has 0 aliphatic heterocycles. The van der Waals surface area contributed by atoms with Crippen molar-refractivity contribution in [2.24, 2.45) is 0 Å². The van der Waals surface area contributed by atoms with Crippen molar-refractivity contribution in [1.29, 1.82) is 0 Å². The van der Waals surface area contributed by atoms with Crippen molar-refractivity contribution in [2.45, 2.75) is 26.2 Å². The molecular weight excluding hydrogens is 342 g/mol. The van der Waals surface area contributed by atoms with Gasteiger partial charge in [-0.3, -0.25) is 9.59 Å². The van der Waals surface area contributed by atoms with Crippen LogP contribution in [0.2, 0.25) is 0 Å². The molecule has 144 valence electrons. The molecule has 0 aromatic heterocycles. The van der Waals surface area contributed by atoms with E-state index in [0.717, 1.165) is 13.0 Å². The lowest BCUT2D eigenvalue weighted by molar-refractivity contribution is -0.643. The van der Waals surface area contributed by atoms with Gasteiger partial charge < -0.3 is 20.7 Å². The first-order chi connectivity index (χ1) is 13.1. The van der Waals surface area contributed by atoms with Crippen molar-refractivity contribution in [1.82, 2.24) is 0 Å². The maximum atomic E-state index is 12.4. The first-order valence-corrected chi connectivity index (χ1v) is 9.30. The number of hydrogen-bond acceptors (Lipinski definition) is 3.